The number of hydrogen-bond acceptors (Lipinski definition) is 3. The largest absolute Gasteiger partial charge is 0.365 e. The molecule has 1 atom stereocenters. The van der Waals surface area contributed by atoms with Gasteiger partial charge in [0.1, 0.15) is 5.69 Å². The Kier molecular flexibility index (Phi) is 5.32. The molecular weight excluding hydrogens is 357 g/mol. The van der Waals surface area contributed by atoms with Crippen molar-refractivity contribution in [3.63, 3.8) is 0 Å². The zero-order valence-electron chi connectivity index (χ0n) is 11.2. The number of nitro benzene ring substituents is 1. The molecule has 0 N–H and O–H groups in total. The maximum atomic E-state index is 13.4. The molecule has 112 valence electrons. The molecule has 0 aromatic heterocycles. The molecule has 1 aromatic carbocycles. The standard InChI is InChI=1S/C12H14BrClF2N2O2/c1-7(6-14)17(3)10-5-9(13)8(12(2,15)16)4-11(10)18(19)20/h4-5,7H,6H2,1-3H3. The van der Waals surface area contributed by atoms with Gasteiger partial charge in [-0.15, -0.1) is 11.6 Å². The van der Waals surface area contributed by atoms with Crippen LogP contribution in [0, 0.1) is 10.1 Å². The number of benzene rings is 1. The molecule has 0 aliphatic carbocycles. The molecule has 0 heterocycles. The van der Waals surface area contributed by atoms with Crippen LogP contribution in [0.4, 0.5) is 20.2 Å². The Bertz CT molecular complexity index is 523. The van der Waals surface area contributed by atoms with Crippen molar-refractivity contribution in [2.45, 2.75) is 25.8 Å². The van der Waals surface area contributed by atoms with Gasteiger partial charge in [-0.25, -0.2) is 8.78 Å². The molecule has 0 saturated carbocycles. The molecule has 1 aromatic rings. The second-order valence-corrected chi connectivity index (χ2v) is 5.74. The number of halogens is 4. The third-order valence-corrected chi connectivity index (χ3v) is 4.10. The molecule has 1 unspecified atom stereocenters. The lowest BCUT2D eigenvalue weighted by Crippen LogP contribution is -2.31. The molecule has 0 saturated heterocycles. The van der Waals surface area contributed by atoms with Crippen molar-refractivity contribution >= 4 is 38.9 Å². The third kappa shape index (κ3) is 3.58. The predicted octanol–water partition coefficient (Wildman–Crippen LogP) is 4.53. The van der Waals surface area contributed by atoms with Crippen molar-refractivity contribution in [2.24, 2.45) is 0 Å². The van der Waals surface area contributed by atoms with E-state index in [0.717, 1.165) is 6.07 Å². The van der Waals surface area contributed by atoms with Crippen molar-refractivity contribution in [2.75, 3.05) is 17.8 Å². The van der Waals surface area contributed by atoms with Crippen molar-refractivity contribution in [3.8, 4) is 0 Å². The summed E-state index contributed by atoms with van der Waals surface area (Å²) >= 11 is 8.77. The average Bonchev–Trinajstić information content (AvgIpc) is 2.34. The van der Waals surface area contributed by atoms with E-state index in [1.54, 1.807) is 18.9 Å². The van der Waals surface area contributed by atoms with Gasteiger partial charge in [0, 0.05) is 42.0 Å². The van der Waals surface area contributed by atoms with Crippen LogP contribution in [0.25, 0.3) is 0 Å². The molecule has 0 bridgehead atoms. The Balaban J connectivity index is 3.47. The van der Waals surface area contributed by atoms with Crippen LogP contribution in [0.5, 0.6) is 0 Å². The molecule has 1 rings (SSSR count). The predicted molar refractivity (Wildman–Crippen MR) is 78.9 cm³/mol. The minimum absolute atomic E-state index is 0.124. The first kappa shape index (κ1) is 17.1. The van der Waals surface area contributed by atoms with E-state index in [1.165, 1.54) is 6.07 Å². The SMILES string of the molecule is CC(CCl)N(C)c1cc(Br)c(C(C)(F)F)cc1[N+](=O)[O-]. The minimum Gasteiger partial charge on any atom is -0.365 e. The van der Waals surface area contributed by atoms with Gasteiger partial charge in [0.05, 0.1) is 4.92 Å². The van der Waals surface area contributed by atoms with Gasteiger partial charge in [-0.05, 0) is 13.0 Å². The van der Waals surface area contributed by atoms with Gasteiger partial charge in [0.25, 0.3) is 11.6 Å². The fourth-order valence-corrected chi connectivity index (χ4v) is 2.54. The highest BCUT2D eigenvalue weighted by Crippen LogP contribution is 2.40. The van der Waals surface area contributed by atoms with Crippen LogP contribution in [0.2, 0.25) is 0 Å². The molecule has 0 spiro atoms. The van der Waals surface area contributed by atoms with E-state index in [1.807, 2.05) is 0 Å². The lowest BCUT2D eigenvalue weighted by Gasteiger charge is -2.26. The zero-order valence-corrected chi connectivity index (χ0v) is 13.5. The molecule has 0 radical (unpaired) electrons. The van der Waals surface area contributed by atoms with Gasteiger partial charge < -0.3 is 4.90 Å². The van der Waals surface area contributed by atoms with Crippen LogP contribution in [0.3, 0.4) is 0 Å². The smallest absolute Gasteiger partial charge is 0.293 e. The van der Waals surface area contributed by atoms with E-state index in [0.29, 0.717) is 6.92 Å². The topological polar surface area (TPSA) is 46.4 Å². The van der Waals surface area contributed by atoms with Crippen LogP contribution in [0.1, 0.15) is 19.4 Å². The highest BCUT2D eigenvalue weighted by atomic mass is 79.9. The van der Waals surface area contributed by atoms with Crippen LogP contribution in [-0.2, 0) is 5.92 Å². The molecule has 0 aliphatic rings. The van der Waals surface area contributed by atoms with E-state index in [-0.39, 0.29) is 27.8 Å². The van der Waals surface area contributed by atoms with Crippen molar-refractivity contribution < 1.29 is 13.7 Å². The molecular formula is C12H14BrClF2N2O2. The molecule has 4 nitrogen and oxygen atoms in total. The first-order valence-electron chi connectivity index (χ1n) is 5.74. The zero-order chi connectivity index (χ0) is 15.7. The summed E-state index contributed by atoms with van der Waals surface area (Å²) in [6, 6.07) is 2.06. The normalized spacial score (nSPS) is 13.2. The second-order valence-electron chi connectivity index (χ2n) is 4.58. The number of anilines is 1. The van der Waals surface area contributed by atoms with Crippen LogP contribution < -0.4 is 4.90 Å². The fourth-order valence-electron chi connectivity index (χ4n) is 1.66. The van der Waals surface area contributed by atoms with Gasteiger partial charge in [0.2, 0.25) is 0 Å². The van der Waals surface area contributed by atoms with Gasteiger partial charge in [0.15, 0.2) is 0 Å². The number of alkyl halides is 3. The summed E-state index contributed by atoms with van der Waals surface area (Å²) in [5.74, 6) is -2.91. The number of rotatable bonds is 5. The van der Waals surface area contributed by atoms with Crippen molar-refractivity contribution in [1.29, 1.82) is 0 Å². The summed E-state index contributed by atoms with van der Waals surface area (Å²) in [5.41, 5.74) is -0.549. The number of hydrogen-bond donors (Lipinski definition) is 0. The average molecular weight is 372 g/mol. The van der Waals surface area contributed by atoms with Crippen LogP contribution >= 0.6 is 27.5 Å². The summed E-state index contributed by atoms with van der Waals surface area (Å²) in [7, 11) is 1.63. The minimum atomic E-state index is -3.17. The van der Waals surface area contributed by atoms with Gasteiger partial charge in [-0.2, -0.15) is 0 Å². The maximum Gasteiger partial charge on any atom is 0.293 e. The quantitative estimate of drug-likeness (QED) is 0.434. The lowest BCUT2D eigenvalue weighted by molar-refractivity contribution is -0.384. The van der Waals surface area contributed by atoms with Gasteiger partial charge >= 0.3 is 0 Å². The van der Waals surface area contributed by atoms with Crippen molar-refractivity contribution in [3.05, 3.63) is 32.3 Å². The molecule has 0 amide bonds. The van der Waals surface area contributed by atoms with Gasteiger partial charge in [-0.3, -0.25) is 10.1 Å². The summed E-state index contributed by atoms with van der Waals surface area (Å²) < 4.78 is 27.0. The first-order chi connectivity index (χ1) is 9.09. The summed E-state index contributed by atoms with van der Waals surface area (Å²) in [4.78, 5) is 12.0. The molecule has 0 fully saturated rings. The van der Waals surface area contributed by atoms with Crippen LogP contribution in [0.15, 0.2) is 16.6 Å². The van der Waals surface area contributed by atoms with Crippen LogP contribution in [-0.4, -0.2) is 23.9 Å². The monoisotopic (exact) mass is 370 g/mol. The molecule has 20 heavy (non-hydrogen) atoms. The summed E-state index contributed by atoms with van der Waals surface area (Å²) in [6.45, 7) is 2.48. The van der Waals surface area contributed by atoms with E-state index in [4.69, 9.17) is 11.6 Å². The Labute approximate surface area is 129 Å². The fraction of sp³-hybridized carbons (Fsp3) is 0.500. The summed E-state index contributed by atoms with van der Waals surface area (Å²) in [6.07, 6.45) is 0. The Morgan fingerprint density at radius 1 is 1.55 bits per heavy atom. The summed E-state index contributed by atoms with van der Waals surface area (Å²) in [5, 5.41) is 11.1. The van der Waals surface area contributed by atoms with E-state index in [9.17, 15) is 18.9 Å². The Morgan fingerprint density at radius 2 is 2.10 bits per heavy atom. The van der Waals surface area contributed by atoms with E-state index in [2.05, 4.69) is 15.9 Å². The van der Waals surface area contributed by atoms with Crippen molar-refractivity contribution in [1.82, 2.24) is 0 Å². The lowest BCUT2D eigenvalue weighted by atomic mass is 10.1. The van der Waals surface area contributed by atoms with Gasteiger partial charge in [-0.1, -0.05) is 15.9 Å². The Morgan fingerprint density at radius 3 is 2.50 bits per heavy atom. The maximum absolute atomic E-state index is 13.4. The highest BCUT2D eigenvalue weighted by Gasteiger charge is 2.32. The first-order valence-corrected chi connectivity index (χ1v) is 7.07. The third-order valence-electron chi connectivity index (χ3n) is 3.00. The number of nitro groups is 1. The Hall–Kier alpha value is -0.950. The van der Waals surface area contributed by atoms with E-state index < -0.39 is 16.4 Å². The van der Waals surface area contributed by atoms with E-state index >= 15 is 0 Å². The second kappa shape index (κ2) is 6.22. The number of nitrogens with zero attached hydrogens (tertiary/aromatic N) is 2. The molecule has 0 aliphatic heterocycles. The molecule has 8 heteroatoms. The highest BCUT2D eigenvalue weighted by molar-refractivity contribution is 9.10.